The summed E-state index contributed by atoms with van der Waals surface area (Å²) in [5.41, 5.74) is 0. The Hall–Kier alpha value is -4.02. The Morgan fingerprint density at radius 3 is 0.750 bits per heavy atom. The highest BCUT2D eigenvalue weighted by Gasteiger charge is 2.30. The van der Waals surface area contributed by atoms with E-state index in [-0.39, 0.29) is 25.7 Å². The normalized spacial score (nSPS) is 14.3. The zero-order valence-corrected chi connectivity index (χ0v) is 67.7. The molecule has 3 N–H and O–H groups in total. The van der Waals surface area contributed by atoms with Crippen molar-refractivity contribution in [1.82, 2.24) is 0 Å². The number of allylic oxidation sites excluding steroid dienone is 16. The summed E-state index contributed by atoms with van der Waals surface area (Å²) in [6.45, 7) is 4.76. The van der Waals surface area contributed by atoms with Gasteiger partial charge in [-0.1, -0.05) is 330 Å². The van der Waals surface area contributed by atoms with Crippen molar-refractivity contribution in [2.75, 3.05) is 39.6 Å². The number of phosphoric ester groups is 2. The highest BCUT2D eigenvalue weighted by atomic mass is 31.2. The number of aliphatic hydroxyl groups excluding tert-OH is 1. The molecule has 4 atom stereocenters. The summed E-state index contributed by atoms with van der Waals surface area (Å²) in [4.78, 5) is 73.1. The third kappa shape index (κ3) is 76.2. The van der Waals surface area contributed by atoms with Crippen LogP contribution in [0.2, 0.25) is 0 Å². The molecule has 0 rings (SSSR count). The number of aliphatic hydroxyl groups is 1. The van der Waals surface area contributed by atoms with Crippen LogP contribution >= 0.6 is 15.6 Å². The molecule has 0 aliphatic rings. The van der Waals surface area contributed by atoms with Gasteiger partial charge in [-0.05, 0) is 103 Å². The van der Waals surface area contributed by atoms with E-state index in [9.17, 15) is 43.2 Å². The highest BCUT2D eigenvalue weighted by Crippen LogP contribution is 2.45. The van der Waals surface area contributed by atoms with E-state index in [2.05, 4.69) is 101 Å². The van der Waals surface area contributed by atoms with Gasteiger partial charge in [-0.3, -0.25) is 37.3 Å². The molecule has 0 aromatic carbocycles. The Labute approximate surface area is 633 Å². The van der Waals surface area contributed by atoms with Gasteiger partial charge in [0, 0.05) is 25.7 Å². The number of unbranched alkanes of at least 4 members (excludes halogenated alkanes) is 36. The van der Waals surface area contributed by atoms with Crippen LogP contribution in [0.5, 0.6) is 0 Å². The van der Waals surface area contributed by atoms with Crippen LogP contribution in [-0.2, 0) is 65.4 Å². The van der Waals surface area contributed by atoms with Crippen LogP contribution in [0.1, 0.15) is 362 Å². The van der Waals surface area contributed by atoms with Crippen molar-refractivity contribution in [3.05, 3.63) is 97.2 Å². The van der Waals surface area contributed by atoms with Crippen LogP contribution in [0, 0.1) is 0 Å². The van der Waals surface area contributed by atoms with Gasteiger partial charge < -0.3 is 33.8 Å². The monoisotopic (exact) mass is 1510 g/mol. The number of ether oxygens (including phenoxy) is 4. The molecule has 0 aromatic rings. The lowest BCUT2D eigenvalue weighted by molar-refractivity contribution is -0.161. The first-order chi connectivity index (χ1) is 50.7. The van der Waals surface area contributed by atoms with Crippen LogP contribution in [0.25, 0.3) is 0 Å². The molecule has 0 amide bonds. The van der Waals surface area contributed by atoms with Gasteiger partial charge in [0.05, 0.1) is 26.4 Å². The number of hydrogen-bond donors (Lipinski definition) is 3. The summed E-state index contributed by atoms with van der Waals surface area (Å²) >= 11 is 0. The van der Waals surface area contributed by atoms with Gasteiger partial charge in [0.25, 0.3) is 0 Å². The molecule has 602 valence electrons. The fourth-order valence-corrected chi connectivity index (χ4v) is 12.8. The van der Waals surface area contributed by atoms with E-state index >= 15 is 0 Å². The maximum Gasteiger partial charge on any atom is 0.472 e. The fourth-order valence-electron chi connectivity index (χ4n) is 11.2. The summed E-state index contributed by atoms with van der Waals surface area (Å²) in [5, 5.41) is 10.7. The molecule has 0 bridgehead atoms. The molecular weight excluding hydrogens is 1350 g/mol. The SMILES string of the molecule is CCCCC/C=C\C/C=C\C/C=C\C/C=C\CCCC(=O)OC[C@H](COP(=O)(O)OCC(O)COP(=O)(O)OC[C@@H](COC(=O)CCC/C=C\C/C=C\C/C=C\C/C=C\CCCCC)OC(=O)CCCCCCCCCCCCCCCCC)OC(=O)CCCCCCCCCCCCCCCCC. The summed E-state index contributed by atoms with van der Waals surface area (Å²) < 4.78 is 68.6. The van der Waals surface area contributed by atoms with E-state index in [1.807, 2.05) is 24.3 Å². The molecule has 0 radical (unpaired) electrons. The third-order valence-electron chi connectivity index (χ3n) is 17.6. The Balaban J connectivity index is 5.43. The molecule has 0 aliphatic carbocycles. The van der Waals surface area contributed by atoms with Gasteiger partial charge in [0.2, 0.25) is 0 Å². The van der Waals surface area contributed by atoms with E-state index in [0.29, 0.717) is 38.5 Å². The average molecular weight is 1510 g/mol. The van der Waals surface area contributed by atoms with Crippen LogP contribution in [0.15, 0.2) is 97.2 Å². The summed E-state index contributed by atoms with van der Waals surface area (Å²) in [6.07, 6.45) is 82.5. The van der Waals surface area contributed by atoms with Crippen LogP contribution in [0.3, 0.4) is 0 Å². The minimum absolute atomic E-state index is 0.0861. The molecular formula is C85H150O17P2. The molecule has 17 nitrogen and oxygen atoms in total. The average Bonchev–Trinajstić information content (AvgIpc) is 0.937. The van der Waals surface area contributed by atoms with Crippen molar-refractivity contribution >= 4 is 39.5 Å². The zero-order chi connectivity index (χ0) is 76.0. The lowest BCUT2D eigenvalue weighted by Crippen LogP contribution is -2.30. The standard InChI is InChI=1S/C85H150O17P2/c1-5-9-13-17-21-25-29-33-37-39-43-45-49-53-57-61-65-69-82(87)95-75-80(101-84(89)71-67-63-59-55-51-47-41-35-31-27-23-19-15-11-7-3)77-99-103(91,92)97-73-79(86)74-98-104(93,94)100-78-81(102-85(90)72-68-64-60-56-52-48-42-36-32-28-24-20-16-12-8-4)76-96-83(88)70-66-62-58-54-50-46-44-40-38-34-30-26-22-18-14-10-6-2/h21-22,25-26,33-34,37-38,43-46,53-54,57-58,79-81,86H,5-20,23-24,27-32,35-36,39-42,47-52,55-56,59-78H2,1-4H3,(H,91,92)(H,93,94)/b25-21-,26-22-,37-33-,38-34-,45-43-,46-44-,57-53-,58-54-/t80-,81-/m1/s1. The van der Waals surface area contributed by atoms with E-state index in [1.54, 1.807) is 0 Å². The first-order valence-corrected chi connectivity index (χ1v) is 44.5. The van der Waals surface area contributed by atoms with Crippen LogP contribution < -0.4 is 0 Å². The Morgan fingerprint density at radius 2 is 0.481 bits per heavy atom. The second kappa shape index (κ2) is 77.1. The first-order valence-electron chi connectivity index (χ1n) is 41.5. The van der Waals surface area contributed by atoms with E-state index in [0.717, 1.165) is 103 Å². The number of phosphoric acid groups is 2. The zero-order valence-electron chi connectivity index (χ0n) is 65.9. The van der Waals surface area contributed by atoms with E-state index in [4.69, 9.17) is 37.0 Å². The number of carbonyl (C=O) groups is 4. The summed E-state index contributed by atoms with van der Waals surface area (Å²) in [5.74, 6) is -2.28. The second-order valence-electron chi connectivity index (χ2n) is 27.7. The molecule has 2 unspecified atom stereocenters. The summed E-state index contributed by atoms with van der Waals surface area (Å²) in [6, 6.07) is 0. The quantitative estimate of drug-likeness (QED) is 0.0169. The van der Waals surface area contributed by atoms with Crippen molar-refractivity contribution in [2.24, 2.45) is 0 Å². The molecule has 0 saturated carbocycles. The number of esters is 4. The van der Waals surface area contributed by atoms with Gasteiger partial charge in [-0.25, -0.2) is 9.13 Å². The van der Waals surface area contributed by atoms with Crippen molar-refractivity contribution in [2.45, 2.75) is 380 Å². The van der Waals surface area contributed by atoms with Crippen molar-refractivity contribution in [3.63, 3.8) is 0 Å². The number of rotatable bonds is 78. The van der Waals surface area contributed by atoms with Crippen molar-refractivity contribution in [3.8, 4) is 0 Å². The van der Waals surface area contributed by atoms with E-state index < -0.39 is 97.5 Å². The second-order valence-corrected chi connectivity index (χ2v) is 30.6. The Kier molecular flexibility index (Phi) is 74.2. The molecule has 0 spiro atoms. The maximum atomic E-state index is 13.1. The van der Waals surface area contributed by atoms with Gasteiger partial charge in [0.1, 0.15) is 19.3 Å². The van der Waals surface area contributed by atoms with E-state index in [1.165, 1.54) is 167 Å². The van der Waals surface area contributed by atoms with Crippen LogP contribution in [0.4, 0.5) is 0 Å². The number of carbonyl (C=O) groups excluding carboxylic acids is 4. The lowest BCUT2D eigenvalue weighted by Gasteiger charge is -2.21. The van der Waals surface area contributed by atoms with Gasteiger partial charge in [-0.2, -0.15) is 0 Å². The minimum atomic E-state index is -4.99. The lowest BCUT2D eigenvalue weighted by atomic mass is 10.0. The molecule has 104 heavy (non-hydrogen) atoms. The van der Waals surface area contributed by atoms with Gasteiger partial charge in [-0.15, -0.1) is 0 Å². The molecule has 0 saturated heterocycles. The van der Waals surface area contributed by atoms with Gasteiger partial charge >= 0.3 is 39.5 Å². The molecule has 0 aromatic heterocycles. The molecule has 0 aliphatic heterocycles. The first kappa shape index (κ1) is 100.0. The molecule has 0 heterocycles. The topological polar surface area (TPSA) is 237 Å². The van der Waals surface area contributed by atoms with Crippen LogP contribution in [-0.4, -0.2) is 96.7 Å². The minimum Gasteiger partial charge on any atom is -0.462 e. The largest absolute Gasteiger partial charge is 0.472 e. The van der Waals surface area contributed by atoms with Crippen molar-refractivity contribution < 1.29 is 80.2 Å². The smallest absolute Gasteiger partial charge is 0.462 e. The fraction of sp³-hybridized carbons (Fsp3) is 0.765. The van der Waals surface area contributed by atoms with Crippen molar-refractivity contribution in [1.29, 1.82) is 0 Å². The predicted molar refractivity (Wildman–Crippen MR) is 427 cm³/mol. The highest BCUT2D eigenvalue weighted by molar-refractivity contribution is 7.47. The number of hydrogen-bond acceptors (Lipinski definition) is 15. The van der Waals surface area contributed by atoms with Gasteiger partial charge in [0.15, 0.2) is 12.2 Å². The maximum absolute atomic E-state index is 13.1. The molecule has 0 fully saturated rings. The Morgan fingerprint density at radius 1 is 0.269 bits per heavy atom. The Bertz CT molecular complexity index is 2190. The predicted octanol–water partition coefficient (Wildman–Crippen LogP) is 24.3. The summed E-state index contributed by atoms with van der Waals surface area (Å²) in [7, 11) is -9.98. The molecule has 19 heteroatoms. The third-order valence-corrected chi connectivity index (χ3v) is 19.5.